The first-order valence-corrected chi connectivity index (χ1v) is 6.41. The summed E-state index contributed by atoms with van der Waals surface area (Å²) in [4.78, 5) is 2.82. The minimum atomic E-state index is 0.254. The van der Waals surface area contributed by atoms with Crippen molar-refractivity contribution in [3.63, 3.8) is 0 Å². The second kappa shape index (κ2) is 6.26. The van der Waals surface area contributed by atoms with Gasteiger partial charge in [0.25, 0.3) is 0 Å². The van der Waals surface area contributed by atoms with Gasteiger partial charge in [-0.25, -0.2) is 0 Å². The lowest BCUT2D eigenvalue weighted by Crippen LogP contribution is -2.25. The first-order chi connectivity index (χ1) is 7.17. The van der Waals surface area contributed by atoms with Crippen molar-refractivity contribution in [2.45, 2.75) is 33.2 Å². The zero-order chi connectivity index (χ0) is 11.3. The zero-order valence-electron chi connectivity index (χ0n) is 9.79. The number of hydrogen-bond donors (Lipinski definition) is 2. The monoisotopic (exact) mass is 227 g/mol. The summed E-state index contributed by atoms with van der Waals surface area (Å²) in [5, 5.41) is 12.4. The lowest BCUT2D eigenvalue weighted by molar-refractivity contribution is 0.231. The molecule has 0 aliphatic rings. The molecule has 0 saturated carbocycles. The molecule has 1 rings (SSSR count). The van der Waals surface area contributed by atoms with Crippen LogP contribution in [0.5, 0.6) is 0 Å². The van der Waals surface area contributed by atoms with Crippen LogP contribution in [0.1, 0.15) is 36.6 Å². The number of thiophene rings is 1. The first kappa shape index (κ1) is 12.7. The summed E-state index contributed by atoms with van der Waals surface area (Å²) < 4.78 is 0. The average molecular weight is 227 g/mol. The molecule has 0 fully saturated rings. The normalized spacial score (nSPS) is 15.2. The molecule has 2 nitrogen and oxygen atoms in total. The van der Waals surface area contributed by atoms with Crippen LogP contribution >= 0.6 is 11.3 Å². The Balaban J connectivity index is 2.42. The largest absolute Gasteiger partial charge is 0.396 e. The van der Waals surface area contributed by atoms with Crippen LogP contribution in [-0.2, 0) is 6.42 Å². The maximum Gasteiger partial charge on any atom is 0.0468 e. The van der Waals surface area contributed by atoms with Crippen molar-refractivity contribution in [2.75, 3.05) is 13.2 Å². The van der Waals surface area contributed by atoms with E-state index in [0.29, 0.717) is 12.0 Å². The van der Waals surface area contributed by atoms with Gasteiger partial charge in [0.05, 0.1) is 0 Å². The molecular formula is C12H21NOS. The number of aliphatic hydroxyl groups excluding tert-OH is 1. The van der Waals surface area contributed by atoms with Gasteiger partial charge >= 0.3 is 0 Å². The van der Waals surface area contributed by atoms with Crippen molar-refractivity contribution in [3.05, 3.63) is 21.9 Å². The Labute approximate surface area is 96.3 Å². The summed E-state index contributed by atoms with van der Waals surface area (Å²) >= 11 is 1.88. The van der Waals surface area contributed by atoms with E-state index in [1.165, 1.54) is 9.75 Å². The molecule has 0 aliphatic heterocycles. The molecule has 2 atom stereocenters. The van der Waals surface area contributed by atoms with Gasteiger partial charge in [0, 0.05) is 28.9 Å². The molecule has 2 unspecified atom stereocenters. The number of aliphatic hydroxyl groups is 1. The second-order valence-corrected chi connectivity index (χ2v) is 5.28. The molecule has 1 aromatic heterocycles. The van der Waals surface area contributed by atoms with Crippen molar-refractivity contribution in [1.29, 1.82) is 0 Å². The van der Waals surface area contributed by atoms with E-state index in [1.54, 1.807) is 0 Å². The summed E-state index contributed by atoms with van der Waals surface area (Å²) in [6.07, 6.45) is 1.12. The molecular weight excluding hydrogens is 206 g/mol. The molecule has 0 aromatic carbocycles. The SMILES string of the molecule is CCc1ccc(C(C)NCC(C)CO)s1. The fraction of sp³-hybridized carbons (Fsp3) is 0.667. The Hall–Kier alpha value is -0.380. The lowest BCUT2D eigenvalue weighted by Gasteiger charge is -2.15. The van der Waals surface area contributed by atoms with Crippen LogP contribution in [0.15, 0.2) is 12.1 Å². The van der Waals surface area contributed by atoms with Crippen LogP contribution in [0.2, 0.25) is 0 Å². The Morgan fingerprint density at radius 3 is 2.67 bits per heavy atom. The predicted octanol–water partition coefficient (Wildman–Crippen LogP) is 2.59. The van der Waals surface area contributed by atoms with Gasteiger partial charge < -0.3 is 10.4 Å². The Morgan fingerprint density at radius 1 is 1.40 bits per heavy atom. The van der Waals surface area contributed by atoms with Crippen molar-refractivity contribution in [3.8, 4) is 0 Å². The van der Waals surface area contributed by atoms with Gasteiger partial charge in [0.1, 0.15) is 0 Å². The van der Waals surface area contributed by atoms with Crippen LogP contribution < -0.4 is 5.32 Å². The topological polar surface area (TPSA) is 32.3 Å². The third kappa shape index (κ3) is 3.93. The van der Waals surface area contributed by atoms with Crippen molar-refractivity contribution >= 4 is 11.3 Å². The van der Waals surface area contributed by atoms with E-state index < -0.39 is 0 Å². The van der Waals surface area contributed by atoms with Crippen molar-refractivity contribution in [1.82, 2.24) is 5.32 Å². The van der Waals surface area contributed by atoms with Crippen LogP contribution in [0, 0.1) is 5.92 Å². The van der Waals surface area contributed by atoms with E-state index in [1.807, 2.05) is 18.3 Å². The van der Waals surface area contributed by atoms with Crippen molar-refractivity contribution in [2.24, 2.45) is 5.92 Å². The van der Waals surface area contributed by atoms with Crippen LogP contribution in [-0.4, -0.2) is 18.3 Å². The number of rotatable bonds is 6. The van der Waals surface area contributed by atoms with Crippen LogP contribution in [0.25, 0.3) is 0 Å². The highest BCUT2D eigenvalue weighted by Gasteiger charge is 2.09. The Kier molecular flexibility index (Phi) is 5.29. The highest BCUT2D eigenvalue weighted by atomic mass is 32.1. The maximum absolute atomic E-state index is 8.92. The highest BCUT2D eigenvalue weighted by Crippen LogP contribution is 2.23. The molecule has 1 heterocycles. The molecule has 0 saturated heterocycles. The Morgan fingerprint density at radius 2 is 2.13 bits per heavy atom. The minimum absolute atomic E-state index is 0.254. The lowest BCUT2D eigenvalue weighted by atomic mass is 10.2. The molecule has 3 heteroatoms. The highest BCUT2D eigenvalue weighted by molar-refractivity contribution is 7.12. The molecule has 0 radical (unpaired) electrons. The zero-order valence-corrected chi connectivity index (χ0v) is 10.6. The average Bonchev–Trinajstić information content (AvgIpc) is 2.73. The van der Waals surface area contributed by atoms with Crippen LogP contribution in [0.3, 0.4) is 0 Å². The van der Waals surface area contributed by atoms with Crippen molar-refractivity contribution < 1.29 is 5.11 Å². The third-order valence-electron chi connectivity index (χ3n) is 2.54. The molecule has 0 spiro atoms. The van der Waals surface area contributed by atoms with E-state index in [0.717, 1.165) is 13.0 Å². The summed E-state index contributed by atoms with van der Waals surface area (Å²) in [6.45, 7) is 7.53. The van der Waals surface area contributed by atoms with E-state index >= 15 is 0 Å². The van der Waals surface area contributed by atoms with Gasteiger partial charge in [-0.3, -0.25) is 0 Å². The van der Waals surface area contributed by atoms with Gasteiger partial charge in [-0.15, -0.1) is 11.3 Å². The van der Waals surface area contributed by atoms with E-state index in [2.05, 4.69) is 31.3 Å². The van der Waals surface area contributed by atoms with E-state index in [4.69, 9.17) is 5.11 Å². The van der Waals surface area contributed by atoms with Gasteiger partial charge in [-0.05, 0) is 31.4 Å². The summed E-state index contributed by atoms with van der Waals surface area (Å²) in [5.41, 5.74) is 0. The molecule has 0 amide bonds. The molecule has 15 heavy (non-hydrogen) atoms. The summed E-state index contributed by atoms with van der Waals surface area (Å²) in [5.74, 6) is 0.332. The van der Waals surface area contributed by atoms with Gasteiger partial charge in [0.2, 0.25) is 0 Å². The van der Waals surface area contributed by atoms with Crippen LogP contribution in [0.4, 0.5) is 0 Å². The number of hydrogen-bond acceptors (Lipinski definition) is 3. The predicted molar refractivity (Wildman–Crippen MR) is 66.4 cm³/mol. The maximum atomic E-state index is 8.92. The van der Waals surface area contributed by atoms with E-state index in [9.17, 15) is 0 Å². The molecule has 2 N–H and O–H groups in total. The minimum Gasteiger partial charge on any atom is -0.396 e. The van der Waals surface area contributed by atoms with Gasteiger partial charge in [-0.1, -0.05) is 13.8 Å². The summed E-state index contributed by atoms with van der Waals surface area (Å²) in [7, 11) is 0. The van der Waals surface area contributed by atoms with Gasteiger partial charge in [0.15, 0.2) is 0 Å². The number of aryl methyl sites for hydroxylation is 1. The molecule has 1 aromatic rings. The fourth-order valence-corrected chi connectivity index (χ4v) is 2.34. The third-order valence-corrected chi connectivity index (χ3v) is 3.95. The van der Waals surface area contributed by atoms with Gasteiger partial charge in [-0.2, -0.15) is 0 Å². The number of nitrogens with one attached hydrogen (secondary N) is 1. The fourth-order valence-electron chi connectivity index (χ4n) is 1.36. The molecule has 86 valence electrons. The standard InChI is InChI=1S/C12H21NOS/c1-4-11-5-6-12(15-11)10(3)13-7-9(2)8-14/h5-6,9-10,13-14H,4,7-8H2,1-3H3. The smallest absolute Gasteiger partial charge is 0.0468 e. The quantitative estimate of drug-likeness (QED) is 0.783. The second-order valence-electron chi connectivity index (χ2n) is 4.08. The molecule has 0 aliphatic carbocycles. The Bertz CT molecular complexity index is 285. The van der Waals surface area contributed by atoms with E-state index in [-0.39, 0.29) is 6.61 Å². The first-order valence-electron chi connectivity index (χ1n) is 5.60. The molecule has 0 bridgehead atoms. The summed E-state index contributed by atoms with van der Waals surface area (Å²) in [6, 6.07) is 4.79.